The number of benzene rings is 1. The highest BCUT2D eigenvalue weighted by Crippen LogP contribution is 2.27. The van der Waals surface area contributed by atoms with Crippen molar-refractivity contribution >= 4 is 28.9 Å². The standard InChI is InChI=1S/C12H12N2O2S/c1-7-5-8(3-4-9(7)16-2)6-10-11(15)14-12(13)17-10/h3-6H,1-2H3,(H2,13,14,15)/b10-6+. The molecule has 0 saturated carbocycles. The molecule has 0 unspecified atom stereocenters. The molecule has 1 amide bonds. The Morgan fingerprint density at radius 1 is 1.47 bits per heavy atom. The lowest BCUT2D eigenvalue weighted by molar-refractivity contribution is -0.113. The number of aryl methyl sites for hydroxylation is 1. The van der Waals surface area contributed by atoms with Gasteiger partial charge in [0.2, 0.25) is 0 Å². The third-order valence-corrected chi connectivity index (χ3v) is 3.17. The first-order chi connectivity index (χ1) is 8.10. The molecule has 1 aliphatic heterocycles. The van der Waals surface area contributed by atoms with E-state index in [4.69, 9.17) is 10.5 Å². The number of carbonyl (C=O) groups is 1. The van der Waals surface area contributed by atoms with Gasteiger partial charge in [-0.1, -0.05) is 6.07 Å². The molecule has 0 atom stereocenters. The lowest BCUT2D eigenvalue weighted by Gasteiger charge is -2.05. The fraction of sp³-hybridized carbons (Fsp3) is 0.167. The molecule has 88 valence electrons. The minimum atomic E-state index is -0.277. The van der Waals surface area contributed by atoms with Crippen molar-refractivity contribution in [2.45, 2.75) is 6.92 Å². The van der Waals surface area contributed by atoms with E-state index < -0.39 is 0 Å². The molecular formula is C12H12N2O2S. The van der Waals surface area contributed by atoms with E-state index >= 15 is 0 Å². The van der Waals surface area contributed by atoms with Crippen LogP contribution in [-0.4, -0.2) is 18.2 Å². The van der Waals surface area contributed by atoms with Crippen molar-refractivity contribution in [3.63, 3.8) is 0 Å². The van der Waals surface area contributed by atoms with Crippen molar-refractivity contribution in [3.05, 3.63) is 34.2 Å². The van der Waals surface area contributed by atoms with Gasteiger partial charge < -0.3 is 10.5 Å². The fourth-order valence-corrected chi connectivity index (χ4v) is 2.25. The summed E-state index contributed by atoms with van der Waals surface area (Å²) in [5.41, 5.74) is 7.43. The van der Waals surface area contributed by atoms with E-state index in [1.54, 1.807) is 13.2 Å². The summed E-state index contributed by atoms with van der Waals surface area (Å²) < 4.78 is 5.17. The summed E-state index contributed by atoms with van der Waals surface area (Å²) in [7, 11) is 1.63. The SMILES string of the molecule is COc1ccc(/C=C2/SC(N)=NC2=O)cc1C. The van der Waals surface area contributed by atoms with Crippen LogP contribution in [0.3, 0.4) is 0 Å². The molecule has 1 aromatic carbocycles. The van der Waals surface area contributed by atoms with Crippen LogP contribution >= 0.6 is 11.8 Å². The highest BCUT2D eigenvalue weighted by atomic mass is 32.2. The van der Waals surface area contributed by atoms with Crippen LogP contribution in [-0.2, 0) is 4.79 Å². The zero-order chi connectivity index (χ0) is 12.4. The maximum atomic E-state index is 11.4. The molecule has 2 rings (SSSR count). The van der Waals surface area contributed by atoms with Crippen LogP contribution in [0.5, 0.6) is 5.75 Å². The molecule has 0 saturated heterocycles. The van der Waals surface area contributed by atoms with Gasteiger partial charge in [0.05, 0.1) is 12.0 Å². The van der Waals surface area contributed by atoms with E-state index in [1.807, 2.05) is 25.1 Å². The summed E-state index contributed by atoms with van der Waals surface area (Å²) in [4.78, 5) is 15.6. The quantitative estimate of drug-likeness (QED) is 0.812. The molecule has 2 N–H and O–H groups in total. The summed E-state index contributed by atoms with van der Waals surface area (Å²) in [6.07, 6.45) is 1.78. The number of rotatable bonds is 2. The van der Waals surface area contributed by atoms with Crippen LogP contribution < -0.4 is 10.5 Å². The first-order valence-electron chi connectivity index (χ1n) is 5.03. The normalized spacial score (nSPS) is 17.4. The van der Waals surface area contributed by atoms with Crippen molar-refractivity contribution in [2.24, 2.45) is 10.7 Å². The first-order valence-corrected chi connectivity index (χ1v) is 5.84. The molecule has 0 radical (unpaired) electrons. The van der Waals surface area contributed by atoms with Gasteiger partial charge in [-0.05, 0) is 48.0 Å². The van der Waals surface area contributed by atoms with Gasteiger partial charge in [0.15, 0.2) is 5.17 Å². The summed E-state index contributed by atoms with van der Waals surface area (Å²) in [5.74, 6) is 0.550. The number of methoxy groups -OCH3 is 1. The van der Waals surface area contributed by atoms with Crippen LogP contribution in [0.1, 0.15) is 11.1 Å². The lowest BCUT2D eigenvalue weighted by atomic mass is 10.1. The van der Waals surface area contributed by atoms with Crippen LogP contribution in [0.2, 0.25) is 0 Å². The maximum Gasteiger partial charge on any atom is 0.286 e. The average molecular weight is 248 g/mol. The number of amidine groups is 1. The minimum absolute atomic E-state index is 0.277. The number of thioether (sulfide) groups is 1. The van der Waals surface area contributed by atoms with E-state index in [-0.39, 0.29) is 5.91 Å². The Balaban J connectivity index is 2.28. The second-order valence-corrected chi connectivity index (χ2v) is 4.66. The van der Waals surface area contributed by atoms with Crippen LogP contribution in [0.4, 0.5) is 0 Å². The van der Waals surface area contributed by atoms with E-state index in [2.05, 4.69) is 4.99 Å². The highest BCUT2D eigenvalue weighted by molar-refractivity contribution is 8.18. The highest BCUT2D eigenvalue weighted by Gasteiger charge is 2.19. The van der Waals surface area contributed by atoms with Gasteiger partial charge >= 0.3 is 0 Å². The fourth-order valence-electron chi connectivity index (χ4n) is 1.57. The van der Waals surface area contributed by atoms with Crippen molar-refractivity contribution < 1.29 is 9.53 Å². The Hall–Kier alpha value is -1.75. The predicted molar refractivity (Wildman–Crippen MR) is 69.9 cm³/mol. The second-order valence-electron chi connectivity index (χ2n) is 3.59. The molecule has 0 aromatic heterocycles. The molecule has 1 aliphatic rings. The number of nitrogens with two attached hydrogens (primary N) is 1. The van der Waals surface area contributed by atoms with Crippen molar-refractivity contribution in [3.8, 4) is 5.75 Å². The molecular weight excluding hydrogens is 236 g/mol. The van der Waals surface area contributed by atoms with Crippen LogP contribution in [0.25, 0.3) is 6.08 Å². The Morgan fingerprint density at radius 3 is 2.76 bits per heavy atom. The average Bonchev–Trinajstić information content (AvgIpc) is 2.58. The molecule has 0 bridgehead atoms. The molecule has 1 aromatic rings. The molecule has 5 heteroatoms. The zero-order valence-corrected chi connectivity index (χ0v) is 10.4. The maximum absolute atomic E-state index is 11.4. The van der Waals surface area contributed by atoms with Crippen LogP contribution in [0, 0.1) is 6.92 Å². The molecule has 0 fully saturated rings. The van der Waals surface area contributed by atoms with Crippen molar-refractivity contribution in [2.75, 3.05) is 7.11 Å². The Labute approximate surface area is 104 Å². The number of hydrogen-bond acceptors (Lipinski definition) is 4. The third kappa shape index (κ3) is 2.50. The minimum Gasteiger partial charge on any atom is -0.496 e. The second kappa shape index (κ2) is 4.63. The topological polar surface area (TPSA) is 64.7 Å². The summed E-state index contributed by atoms with van der Waals surface area (Å²) in [5, 5.41) is 0.298. The number of amides is 1. The number of ether oxygens (including phenoxy) is 1. The first kappa shape index (κ1) is 11.7. The van der Waals surface area contributed by atoms with E-state index in [0.717, 1.165) is 16.9 Å². The van der Waals surface area contributed by atoms with Gasteiger partial charge in [0.25, 0.3) is 5.91 Å². The van der Waals surface area contributed by atoms with Gasteiger partial charge in [-0.2, -0.15) is 4.99 Å². The number of aliphatic imine (C=N–C) groups is 1. The van der Waals surface area contributed by atoms with Crippen molar-refractivity contribution in [1.82, 2.24) is 0 Å². The van der Waals surface area contributed by atoms with E-state index in [9.17, 15) is 4.79 Å². The molecule has 0 aliphatic carbocycles. The van der Waals surface area contributed by atoms with Gasteiger partial charge in [-0.25, -0.2) is 0 Å². The predicted octanol–water partition coefficient (Wildman–Crippen LogP) is 1.93. The monoisotopic (exact) mass is 248 g/mol. The van der Waals surface area contributed by atoms with E-state index in [1.165, 1.54) is 11.8 Å². The van der Waals surface area contributed by atoms with Gasteiger partial charge in [0, 0.05) is 0 Å². The van der Waals surface area contributed by atoms with Gasteiger partial charge in [0.1, 0.15) is 5.75 Å². The largest absolute Gasteiger partial charge is 0.496 e. The van der Waals surface area contributed by atoms with Crippen LogP contribution in [0.15, 0.2) is 28.1 Å². The lowest BCUT2D eigenvalue weighted by Crippen LogP contribution is -2.01. The summed E-state index contributed by atoms with van der Waals surface area (Å²) in [6.45, 7) is 1.95. The number of nitrogens with zero attached hydrogens (tertiary/aromatic N) is 1. The van der Waals surface area contributed by atoms with E-state index in [0.29, 0.717) is 10.1 Å². The molecule has 1 heterocycles. The van der Waals surface area contributed by atoms with Crippen molar-refractivity contribution in [1.29, 1.82) is 0 Å². The zero-order valence-electron chi connectivity index (χ0n) is 9.56. The number of hydrogen-bond donors (Lipinski definition) is 1. The molecule has 4 nitrogen and oxygen atoms in total. The Kier molecular flexibility index (Phi) is 3.19. The summed E-state index contributed by atoms with van der Waals surface area (Å²) >= 11 is 1.19. The molecule has 0 spiro atoms. The Bertz CT molecular complexity index is 535. The molecule has 17 heavy (non-hydrogen) atoms. The smallest absolute Gasteiger partial charge is 0.286 e. The Morgan fingerprint density at radius 2 is 2.24 bits per heavy atom. The summed E-state index contributed by atoms with van der Waals surface area (Å²) in [6, 6.07) is 5.71. The third-order valence-electron chi connectivity index (χ3n) is 2.35. The van der Waals surface area contributed by atoms with Gasteiger partial charge in [-0.3, -0.25) is 4.79 Å². The van der Waals surface area contributed by atoms with Gasteiger partial charge in [-0.15, -0.1) is 0 Å². The number of carbonyl (C=O) groups excluding carboxylic acids is 1.